The number of piperidine rings is 1. The smallest absolute Gasteiger partial charge is 0.0936 e. The molecule has 3 aliphatic rings. The van der Waals surface area contributed by atoms with Gasteiger partial charge in [0.15, 0.2) is 0 Å². The van der Waals surface area contributed by atoms with Gasteiger partial charge in [0.05, 0.1) is 12.7 Å². The van der Waals surface area contributed by atoms with Gasteiger partial charge in [-0.05, 0) is 31.2 Å². The van der Waals surface area contributed by atoms with Gasteiger partial charge in [0.25, 0.3) is 0 Å². The molecule has 0 aromatic carbocycles. The van der Waals surface area contributed by atoms with E-state index in [1.807, 2.05) is 0 Å². The molecule has 0 N–H and O–H groups in total. The summed E-state index contributed by atoms with van der Waals surface area (Å²) in [6.45, 7) is 4.93. The highest BCUT2D eigenvalue weighted by atomic mass is 16.6. The van der Waals surface area contributed by atoms with Gasteiger partial charge in [-0.1, -0.05) is 19.3 Å². The molecule has 2 heteroatoms. The van der Waals surface area contributed by atoms with Crippen LogP contribution in [0.25, 0.3) is 0 Å². The summed E-state index contributed by atoms with van der Waals surface area (Å²) in [6, 6.07) is 0. The van der Waals surface area contributed by atoms with Crippen molar-refractivity contribution in [2.75, 3.05) is 26.2 Å². The first-order valence-electron chi connectivity index (χ1n) is 6.26. The van der Waals surface area contributed by atoms with Crippen LogP contribution in [0.3, 0.4) is 0 Å². The number of nitrogens with zero attached hydrogens (tertiary/aromatic N) is 1. The molecule has 3 fully saturated rings. The van der Waals surface area contributed by atoms with Crippen LogP contribution < -0.4 is 0 Å². The van der Waals surface area contributed by atoms with Gasteiger partial charge in [0.1, 0.15) is 0 Å². The van der Waals surface area contributed by atoms with Crippen molar-refractivity contribution in [1.82, 2.24) is 4.90 Å². The lowest BCUT2D eigenvalue weighted by molar-refractivity contribution is 0.0818. The number of ether oxygens (including phenoxy) is 1. The van der Waals surface area contributed by atoms with Gasteiger partial charge in [-0.25, -0.2) is 0 Å². The lowest BCUT2D eigenvalue weighted by Crippen LogP contribution is -2.43. The average Bonchev–Trinajstić information content (AvgIpc) is 3.02. The molecular weight excluding hydrogens is 174 g/mol. The molecule has 0 aromatic heterocycles. The van der Waals surface area contributed by atoms with Crippen LogP contribution in [0.1, 0.15) is 32.1 Å². The van der Waals surface area contributed by atoms with Gasteiger partial charge in [0.2, 0.25) is 0 Å². The molecule has 2 saturated heterocycles. The fourth-order valence-corrected chi connectivity index (χ4v) is 3.30. The van der Waals surface area contributed by atoms with E-state index in [0.29, 0.717) is 6.10 Å². The third-order valence-corrected chi connectivity index (χ3v) is 4.24. The first-order chi connectivity index (χ1) is 6.92. The Labute approximate surface area is 86.6 Å². The SMILES string of the molecule is C1CCC2CN(CC3CO3)CCC2C1. The van der Waals surface area contributed by atoms with Crippen LogP contribution in [0.15, 0.2) is 0 Å². The number of fused-ring (bicyclic) bond motifs is 1. The van der Waals surface area contributed by atoms with Crippen LogP contribution in [-0.4, -0.2) is 37.2 Å². The Morgan fingerprint density at radius 1 is 1.07 bits per heavy atom. The monoisotopic (exact) mass is 195 g/mol. The largest absolute Gasteiger partial charge is 0.372 e. The van der Waals surface area contributed by atoms with E-state index >= 15 is 0 Å². The highest BCUT2D eigenvalue weighted by molar-refractivity contribution is 4.85. The first-order valence-corrected chi connectivity index (χ1v) is 6.26. The molecule has 0 amide bonds. The topological polar surface area (TPSA) is 15.8 Å². The number of rotatable bonds is 2. The van der Waals surface area contributed by atoms with Crippen molar-refractivity contribution in [2.45, 2.75) is 38.2 Å². The summed E-state index contributed by atoms with van der Waals surface area (Å²) in [4.78, 5) is 2.64. The summed E-state index contributed by atoms with van der Waals surface area (Å²) in [7, 11) is 0. The van der Waals surface area contributed by atoms with Crippen LogP contribution in [-0.2, 0) is 4.74 Å². The van der Waals surface area contributed by atoms with Crippen LogP contribution in [0.5, 0.6) is 0 Å². The van der Waals surface area contributed by atoms with Crippen molar-refractivity contribution in [2.24, 2.45) is 11.8 Å². The first kappa shape index (κ1) is 9.17. The van der Waals surface area contributed by atoms with Gasteiger partial charge in [-0.3, -0.25) is 0 Å². The molecular formula is C12H21NO. The maximum absolute atomic E-state index is 5.31. The molecule has 0 bridgehead atoms. The zero-order valence-electron chi connectivity index (χ0n) is 8.95. The van der Waals surface area contributed by atoms with E-state index in [-0.39, 0.29) is 0 Å². The molecule has 1 saturated carbocycles. The lowest BCUT2D eigenvalue weighted by Gasteiger charge is -2.41. The van der Waals surface area contributed by atoms with Crippen molar-refractivity contribution in [1.29, 1.82) is 0 Å². The molecule has 14 heavy (non-hydrogen) atoms. The second-order valence-corrected chi connectivity index (χ2v) is 5.31. The van der Waals surface area contributed by atoms with Crippen molar-refractivity contribution < 1.29 is 4.74 Å². The number of epoxide rings is 1. The number of likely N-dealkylation sites (tertiary alicyclic amines) is 1. The quantitative estimate of drug-likeness (QED) is 0.625. The van der Waals surface area contributed by atoms with E-state index in [4.69, 9.17) is 4.74 Å². The third kappa shape index (κ3) is 1.96. The second-order valence-electron chi connectivity index (χ2n) is 5.31. The maximum Gasteiger partial charge on any atom is 0.0936 e. The Bertz CT molecular complexity index is 202. The van der Waals surface area contributed by atoms with Gasteiger partial charge in [-0.15, -0.1) is 0 Å². The van der Waals surface area contributed by atoms with Crippen LogP contribution in [0.2, 0.25) is 0 Å². The molecule has 2 nitrogen and oxygen atoms in total. The van der Waals surface area contributed by atoms with Gasteiger partial charge < -0.3 is 9.64 Å². The highest BCUT2D eigenvalue weighted by Gasteiger charge is 2.33. The number of hydrogen-bond acceptors (Lipinski definition) is 2. The van der Waals surface area contributed by atoms with E-state index in [2.05, 4.69) is 4.90 Å². The molecule has 0 aromatic rings. The zero-order valence-corrected chi connectivity index (χ0v) is 8.95. The fraction of sp³-hybridized carbons (Fsp3) is 1.00. The van der Waals surface area contributed by atoms with Crippen LogP contribution in [0.4, 0.5) is 0 Å². The van der Waals surface area contributed by atoms with Crippen molar-refractivity contribution in [3.63, 3.8) is 0 Å². The molecule has 1 aliphatic carbocycles. The van der Waals surface area contributed by atoms with E-state index in [1.165, 1.54) is 51.7 Å². The summed E-state index contributed by atoms with van der Waals surface area (Å²) >= 11 is 0. The summed E-state index contributed by atoms with van der Waals surface area (Å²) in [5.41, 5.74) is 0. The minimum Gasteiger partial charge on any atom is -0.372 e. The molecule has 2 heterocycles. The summed E-state index contributed by atoms with van der Waals surface area (Å²) in [6.07, 6.45) is 8.03. The minimum absolute atomic E-state index is 0.593. The predicted octanol–water partition coefficient (Wildman–Crippen LogP) is 1.90. The Kier molecular flexibility index (Phi) is 2.50. The maximum atomic E-state index is 5.31. The summed E-state index contributed by atoms with van der Waals surface area (Å²) < 4.78 is 5.31. The van der Waals surface area contributed by atoms with E-state index in [0.717, 1.165) is 18.4 Å². The molecule has 0 radical (unpaired) electrons. The molecule has 80 valence electrons. The van der Waals surface area contributed by atoms with Crippen LogP contribution >= 0.6 is 0 Å². The Balaban J connectivity index is 1.53. The van der Waals surface area contributed by atoms with E-state index < -0.39 is 0 Å². The van der Waals surface area contributed by atoms with Crippen molar-refractivity contribution in [3.8, 4) is 0 Å². The minimum atomic E-state index is 0.593. The molecule has 3 atom stereocenters. The summed E-state index contributed by atoms with van der Waals surface area (Å²) in [5, 5.41) is 0. The lowest BCUT2D eigenvalue weighted by atomic mass is 9.75. The highest BCUT2D eigenvalue weighted by Crippen LogP contribution is 2.36. The summed E-state index contributed by atoms with van der Waals surface area (Å²) in [5.74, 6) is 2.09. The molecule has 3 rings (SSSR count). The van der Waals surface area contributed by atoms with E-state index in [1.54, 1.807) is 0 Å². The van der Waals surface area contributed by atoms with Gasteiger partial charge in [0, 0.05) is 13.1 Å². The van der Waals surface area contributed by atoms with Crippen molar-refractivity contribution >= 4 is 0 Å². The Hall–Kier alpha value is -0.0800. The van der Waals surface area contributed by atoms with E-state index in [9.17, 15) is 0 Å². The third-order valence-electron chi connectivity index (χ3n) is 4.24. The van der Waals surface area contributed by atoms with Crippen molar-refractivity contribution in [3.05, 3.63) is 0 Å². The molecule has 0 spiro atoms. The predicted molar refractivity (Wildman–Crippen MR) is 56.2 cm³/mol. The van der Waals surface area contributed by atoms with Crippen LogP contribution in [0, 0.1) is 11.8 Å². The fourth-order valence-electron chi connectivity index (χ4n) is 3.30. The van der Waals surface area contributed by atoms with Gasteiger partial charge in [-0.2, -0.15) is 0 Å². The normalized spacial score (nSPS) is 43.3. The molecule has 2 aliphatic heterocycles. The zero-order chi connectivity index (χ0) is 9.38. The average molecular weight is 195 g/mol. The molecule has 3 unspecified atom stereocenters. The Morgan fingerprint density at radius 2 is 1.86 bits per heavy atom. The second kappa shape index (κ2) is 3.82. The Morgan fingerprint density at radius 3 is 2.64 bits per heavy atom. The standard InChI is InChI=1S/C12H21NO/c1-2-4-11-7-13(8-12-9-14-12)6-5-10(11)3-1/h10-12H,1-9H2. The number of hydrogen-bond donors (Lipinski definition) is 0. The van der Waals surface area contributed by atoms with Gasteiger partial charge >= 0.3 is 0 Å².